The molecule has 2 aromatic carbocycles. The lowest BCUT2D eigenvalue weighted by Crippen LogP contribution is -3.10. The second-order valence-corrected chi connectivity index (χ2v) is 6.82. The number of amides is 3. The van der Waals surface area contributed by atoms with Crippen molar-refractivity contribution < 1.29 is 19.2 Å². The topological polar surface area (TPSA) is 71.9 Å². The third kappa shape index (κ3) is 7.67. The molecule has 0 aromatic heterocycles. The summed E-state index contributed by atoms with van der Waals surface area (Å²) in [5, 5.41) is 5.00. The normalized spacial score (nSPS) is 11.5. The average molecular weight is 421 g/mol. The van der Waals surface area contributed by atoms with Gasteiger partial charge < -0.3 is 15.0 Å². The molecule has 0 saturated carbocycles. The smallest absolute Gasteiger partial charge is 0.321 e. The number of imide groups is 1. The number of carbonyl (C=O) groups excluding carboxylic acids is 2. The quantitative estimate of drug-likeness (QED) is 0.603. The Kier molecular flexibility index (Phi) is 8.11. The van der Waals surface area contributed by atoms with Gasteiger partial charge in [0.2, 0.25) is 0 Å². The van der Waals surface area contributed by atoms with Crippen LogP contribution in [0.1, 0.15) is 5.56 Å². The van der Waals surface area contributed by atoms with E-state index < -0.39 is 6.03 Å². The van der Waals surface area contributed by atoms with Gasteiger partial charge in [-0.1, -0.05) is 46.3 Å². The zero-order chi connectivity index (χ0) is 18.8. The molecule has 0 aliphatic heterocycles. The molecule has 0 heterocycles. The van der Waals surface area contributed by atoms with Crippen molar-refractivity contribution in [3.63, 3.8) is 0 Å². The fraction of sp³-hybridized carbons (Fsp3) is 0.263. The first-order chi connectivity index (χ1) is 12.5. The Labute approximate surface area is 161 Å². The molecule has 0 aliphatic rings. The van der Waals surface area contributed by atoms with E-state index in [0.717, 1.165) is 20.7 Å². The van der Waals surface area contributed by atoms with Crippen molar-refractivity contribution in [3.8, 4) is 5.75 Å². The molecule has 7 heteroatoms. The van der Waals surface area contributed by atoms with Gasteiger partial charge in [0.25, 0.3) is 5.91 Å². The maximum atomic E-state index is 11.9. The van der Waals surface area contributed by atoms with Gasteiger partial charge in [-0.3, -0.25) is 10.1 Å². The summed E-state index contributed by atoms with van der Waals surface area (Å²) in [7, 11) is 1.88. The molecular weight excluding hydrogens is 398 g/mol. The van der Waals surface area contributed by atoms with Crippen molar-refractivity contribution >= 4 is 27.9 Å². The van der Waals surface area contributed by atoms with Gasteiger partial charge >= 0.3 is 6.03 Å². The molecule has 3 N–H and O–H groups in total. The van der Waals surface area contributed by atoms with Crippen LogP contribution in [-0.2, 0) is 11.3 Å². The number of ether oxygens (including phenoxy) is 1. The van der Waals surface area contributed by atoms with Gasteiger partial charge in [0.15, 0.2) is 6.54 Å². The lowest BCUT2D eigenvalue weighted by molar-refractivity contribution is -0.871. The molecule has 0 fully saturated rings. The molecule has 0 radical (unpaired) electrons. The van der Waals surface area contributed by atoms with Crippen molar-refractivity contribution in [2.75, 3.05) is 26.7 Å². The van der Waals surface area contributed by atoms with Crippen LogP contribution < -0.4 is 20.3 Å². The molecule has 0 spiro atoms. The van der Waals surface area contributed by atoms with Gasteiger partial charge in [-0.05, 0) is 29.8 Å². The number of rotatable bonds is 8. The zero-order valence-corrected chi connectivity index (χ0v) is 16.2. The Hall–Kier alpha value is -2.38. The highest BCUT2D eigenvalue weighted by molar-refractivity contribution is 9.10. The number of halogens is 1. The summed E-state index contributed by atoms with van der Waals surface area (Å²) in [5.41, 5.74) is 0.975. The predicted molar refractivity (Wildman–Crippen MR) is 103 cm³/mol. The lowest BCUT2D eigenvalue weighted by Gasteiger charge is -2.14. The maximum Gasteiger partial charge on any atom is 0.321 e. The fourth-order valence-electron chi connectivity index (χ4n) is 2.23. The largest absolute Gasteiger partial charge is 0.488 e. The highest BCUT2D eigenvalue weighted by Gasteiger charge is 2.13. The van der Waals surface area contributed by atoms with Crippen LogP contribution in [0.3, 0.4) is 0 Å². The summed E-state index contributed by atoms with van der Waals surface area (Å²) < 4.78 is 6.62. The molecule has 1 unspecified atom stereocenters. The van der Waals surface area contributed by atoms with E-state index in [1.54, 1.807) is 0 Å². The zero-order valence-electron chi connectivity index (χ0n) is 14.6. The maximum absolute atomic E-state index is 11.9. The summed E-state index contributed by atoms with van der Waals surface area (Å²) in [6.45, 7) is 1.71. The SMILES string of the molecule is C[NH+](CCOc1ccc(Br)cc1)CC(=O)NC(=O)NCc1ccccc1. The average Bonchev–Trinajstić information content (AvgIpc) is 2.62. The van der Waals surface area contributed by atoms with Crippen LogP contribution in [0.15, 0.2) is 59.1 Å². The van der Waals surface area contributed by atoms with Crippen LogP contribution in [-0.4, -0.2) is 38.7 Å². The van der Waals surface area contributed by atoms with Gasteiger partial charge in [-0.25, -0.2) is 4.79 Å². The number of benzene rings is 2. The minimum atomic E-state index is -0.488. The summed E-state index contributed by atoms with van der Waals surface area (Å²) >= 11 is 3.37. The van der Waals surface area contributed by atoms with E-state index in [-0.39, 0.29) is 12.5 Å². The van der Waals surface area contributed by atoms with Crippen LogP contribution in [0.4, 0.5) is 4.79 Å². The van der Waals surface area contributed by atoms with Gasteiger partial charge in [0, 0.05) is 11.0 Å². The van der Waals surface area contributed by atoms with Gasteiger partial charge in [-0.2, -0.15) is 0 Å². The molecule has 6 nitrogen and oxygen atoms in total. The first-order valence-corrected chi connectivity index (χ1v) is 9.13. The Balaban J connectivity index is 1.61. The second kappa shape index (κ2) is 10.6. The van der Waals surface area contributed by atoms with E-state index in [0.29, 0.717) is 19.7 Å². The summed E-state index contributed by atoms with van der Waals surface area (Å²) in [6, 6.07) is 16.6. The van der Waals surface area contributed by atoms with E-state index >= 15 is 0 Å². The molecular formula is C19H23BrN3O3+. The van der Waals surface area contributed by atoms with E-state index in [9.17, 15) is 9.59 Å². The summed E-state index contributed by atoms with van der Waals surface area (Å²) in [4.78, 5) is 24.6. The van der Waals surface area contributed by atoms with Gasteiger partial charge in [0.05, 0.1) is 7.05 Å². The minimum Gasteiger partial charge on any atom is -0.488 e. The number of carbonyl (C=O) groups is 2. The first kappa shape index (κ1) is 19.9. The Morgan fingerprint density at radius 3 is 2.46 bits per heavy atom. The number of quaternary nitrogens is 1. The van der Waals surface area contributed by atoms with Crippen molar-refractivity contribution in [1.82, 2.24) is 10.6 Å². The Bertz CT molecular complexity index is 708. The van der Waals surface area contributed by atoms with Crippen LogP contribution in [0, 0.1) is 0 Å². The Morgan fingerprint density at radius 1 is 1.08 bits per heavy atom. The highest BCUT2D eigenvalue weighted by Crippen LogP contribution is 2.15. The van der Waals surface area contributed by atoms with E-state index in [1.165, 1.54) is 0 Å². The first-order valence-electron chi connectivity index (χ1n) is 8.34. The monoisotopic (exact) mass is 420 g/mol. The molecule has 0 saturated heterocycles. The van der Waals surface area contributed by atoms with Gasteiger partial charge in [-0.15, -0.1) is 0 Å². The summed E-state index contributed by atoms with van der Waals surface area (Å²) in [6.07, 6.45) is 0. The van der Waals surface area contributed by atoms with E-state index in [2.05, 4.69) is 26.6 Å². The standard InChI is InChI=1S/C19H22BrN3O3/c1-23(11-12-26-17-9-7-16(20)8-10-17)14-18(24)22-19(25)21-13-15-5-3-2-4-6-15/h2-10H,11-14H2,1H3,(H2,21,22,24,25)/p+1. The third-order valence-electron chi connectivity index (χ3n) is 3.62. The molecule has 0 bridgehead atoms. The molecule has 1 atom stereocenters. The van der Waals surface area contributed by atoms with Crippen molar-refractivity contribution in [2.45, 2.75) is 6.54 Å². The van der Waals surface area contributed by atoms with Crippen molar-refractivity contribution in [1.29, 1.82) is 0 Å². The van der Waals surface area contributed by atoms with Crippen molar-refractivity contribution in [3.05, 3.63) is 64.6 Å². The summed E-state index contributed by atoms with van der Waals surface area (Å²) in [5.74, 6) is 0.461. The fourth-order valence-corrected chi connectivity index (χ4v) is 2.49. The van der Waals surface area contributed by atoms with Crippen molar-refractivity contribution in [2.24, 2.45) is 0 Å². The number of nitrogens with one attached hydrogen (secondary N) is 3. The van der Waals surface area contributed by atoms with Crippen LogP contribution in [0.5, 0.6) is 5.75 Å². The Morgan fingerprint density at radius 2 is 1.77 bits per heavy atom. The molecule has 3 amide bonds. The van der Waals surface area contributed by atoms with Gasteiger partial charge in [0.1, 0.15) is 18.9 Å². The number of urea groups is 1. The molecule has 2 aromatic rings. The lowest BCUT2D eigenvalue weighted by atomic mass is 10.2. The molecule has 26 heavy (non-hydrogen) atoms. The van der Waals surface area contributed by atoms with Crippen LogP contribution in [0.25, 0.3) is 0 Å². The second-order valence-electron chi connectivity index (χ2n) is 5.90. The van der Waals surface area contributed by atoms with E-state index in [4.69, 9.17) is 4.74 Å². The molecule has 0 aliphatic carbocycles. The minimum absolute atomic E-state index is 0.197. The van der Waals surface area contributed by atoms with Crippen LogP contribution in [0.2, 0.25) is 0 Å². The molecule has 138 valence electrons. The molecule has 2 rings (SSSR count). The van der Waals surface area contributed by atoms with Crippen LogP contribution >= 0.6 is 15.9 Å². The third-order valence-corrected chi connectivity index (χ3v) is 4.15. The number of likely N-dealkylation sites (N-methyl/N-ethyl adjacent to an activating group) is 1. The van der Waals surface area contributed by atoms with E-state index in [1.807, 2.05) is 61.6 Å². The predicted octanol–water partition coefficient (Wildman–Crippen LogP) is 1.37. The number of hydrogen-bond acceptors (Lipinski definition) is 3. The number of hydrogen-bond donors (Lipinski definition) is 3. The highest BCUT2D eigenvalue weighted by atomic mass is 79.9.